The molecule has 0 spiro atoms. The number of piperidine rings is 1. The molecule has 2 aromatic rings. The maximum atomic E-state index is 12.7. The summed E-state index contributed by atoms with van der Waals surface area (Å²) in [6.45, 7) is 3.19. The minimum Gasteiger partial charge on any atom is -0.293 e. The van der Waals surface area contributed by atoms with E-state index in [1.807, 2.05) is 0 Å². The quantitative estimate of drug-likeness (QED) is 0.453. The van der Waals surface area contributed by atoms with Gasteiger partial charge in [-0.2, -0.15) is 4.31 Å². The van der Waals surface area contributed by atoms with E-state index in [0.29, 0.717) is 18.7 Å². The van der Waals surface area contributed by atoms with Crippen molar-refractivity contribution in [3.8, 4) is 0 Å². The first kappa shape index (κ1) is 20.8. The average Bonchev–Trinajstić information content (AvgIpc) is 3.15. The molecule has 146 valence electrons. The molecule has 3 rings (SSSR count). The SMILES string of the molecule is CCSc1nnc(SCC(=O)c2ccc(S(=O)(=O)N3CCCCC3)cc2)s1. The molecule has 27 heavy (non-hydrogen) atoms. The van der Waals surface area contributed by atoms with Gasteiger partial charge in [-0.1, -0.05) is 60.3 Å². The lowest BCUT2D eigenvalue weighted by molar-refractivity contribution is 0.102. The van der Waals surface area contributed by atoms with Gasteiger partial charge in [-0.25, -0.2) is 8.42 Å². The second-order valence-electron chi connectivity index (χ2n) is 5.97. The number of hydrogen-bond donors (Lipinski definition) is 0. The van der Waals surface area contributed by atoms with E-state index in [1.165, 1.54) is 39.5 Å². The van der Waals surface area contributed by atoms with Crippen LogP contribution in [0.4, 0.5) is 0 Å². The summed E-state index contributed by atoms with van der Waals surface area (Å²) in [5.41, 5.74) is 0.507. The normalized spacial score (nSPS) is 15.7. The molecule has 0 unspecified atom stereocenters. The number of carbonyl (C=O) groups is 1. The molecule has 0 amide bonds. The molecule has 1 fully saturated rings. The summed E-state index contributed by atoms with van der Waals surface area (Å²) in [4.78, 5) is 12.6. The summed E-state index contributed by atoms with van der Waals surface area (Å²) in [5.74, 6) is 1.14. The lowest BCUT2D eigenvalue weighted by Crippen LogP contribution is -2.35. The van der Waals surface area contributed by atoms with Gasteiger partial charge in [-0.3, -0.25) is 4.79 Å². The number of sulfonamides is 1. The number of nitrogens with zero attached hydrogens (tertiary/aromatic N) is 3. The number of ketones is 1. The number of Topliss-reactive ketones (excluding diaryl/α,β-unsaturated/α-hetero) is 1. The summed E-state index contributed by atoms with van der Waals surface area (Å²) in [5, 5.41) is 8.14. The number of thioether (sulfide) groups is 2. The van der Waals surface area contributed by atoms with E-state index in [-0.39, 0.29) is 16.4 Å². The van der Waals surface area contributed by atoms with Gasteiger partial charge in [0, 0.05) is 18.7 Å². The van der Waals surface area contributed by atoms with Gasteiger partial charge in [-0.05, 0) is 30.7 Å². The van der Waals surface area contributed by atoms with Crippen molar-refractivity contribution in [2.45, 2.75) is 39.8 Å². The van der Waals surface area contributed by atoms with Gasteiger partial charge >= 0.3 is 0 Å². The fourth-order valence-electron chi connectivity index (χ4n) is 2.72. The van der Waals surface area contributed by atoms with Crippen LogP contribution >= 0.6 is 34.9 Å². The lowest BCUT2D eigenvalue weighted by atomic mass is 10.1. The van der Waals surface area contributed by atoms with E-state index in [9.17, 15) is 13.2 Å². The molecule has 0 saturated carbocycles. The first-order valence-corrected chi connectivity index (χ1v) is 13.0. The number of hydrogen-bond acceptors (Lipinski definition) is 8. The molecule has 0 bridgehead atoms. The van der Waals surface area contributed by atoms with Gasteiger partial charge in [0.1, 0.15) is 0 Å². The third-order valence-electron chi connectivity index (χ3n) is 4.11. The minimum atomic E-state index is -3.46. The minimum absolute atomic E-state index is 0.0539. The predicted molar refractivity (Wildman–Crippen MR) is 110 cm³/mol. The molecule has 1 aliphatic heterocycles. The second-order valence-corrected chi connectivity index (χ2v) is 11.6. The third-order valence-corrected chi connectivity index (χ3v) is 9.10. The molecule has 10 heteroatoms. The van der Waals surface area contributed by atoms with Crippen molar-refractivity contribution >= 4 is 50.7 Å². The van der Waals surface area contributed by atoms with Crippen LogP contribution < -0.4 is 0 Å². The highest BCUT2D eigenvalue weighted by atomic mass is 32.2. The predicted octanol–water partition coefficient (Wildman–Crippen LogP) is 3.80. The Bertz CT molecular complexity index is 875. The Morgan fingerprint density at radius 2 is 1.70 bits per heavy atom. The Morgan fingerprint density at radius 3 is 2.33 bits per heavy atom. The standard InChI is InChI=1S/C17H21N3O3S4/c1-2-24-16-18-19-17(26-16)25-12-15(21)13-6-8-14(9-7-13)27(22,23)20-10-4-3-5-11-20/h6-9H,2-5,10-12H2,1H3. The Balaban J connectivity index is 1.61. The molecule has 2 heterocycles. The summed E-state index contributed by atoms with van der Waals surface area (Å²) < 4.78 is 28.5. The summed E-state index contributed by atoms with van der Waals surface area (Å²) in [7, 11) is -3.46. The zero-order valence-electron chi connectivity index (χ0n) is 15.0. The van der Waals surface area contributed by atoms with Gasteiger partial charge in [0.15, 0.2) is 14.5 Å². The van der Waals surface area contributed by atoms with Crippen molar-refractivity contribution in [2.24, 2.45) is 0 Å². The topological polar surface area (TPSA) is 80.2 Å². The van der Waals surface area contributed by atoms with E-state index in [2.05, 4.69) is 17.1 Å². The van der Waals surface area contributed by atoms with E-state index in [0.717, 1.165) is 33.7 Å². The smallest absolute Gasteiger partial charge is 0.243 e. The fraction of sp³-hybridized carbons (Fsp3) is 0.471. The van der Waals surface area contributed by atoms with E-state index < -0.39 is 10.0 Å². The van der Waals surface area contributed by atoms with E-state index >= 15 is 0 Å². The maximum Gasteiger partial charge on any atom is 0.243 e. The van der Waals surface area contributed by atoms with Crippen molar-refractivity contribution < 1.29 is 13.2 Å². The van der Waals surface area contributed by atoms with E-state index in [1.54, 1.807) is 23.9 Å². The van der Waals surface area contributed by atoms with Crippen LogP contribution in [0.3, 0.4) is 0 Å². The highest BCUT2D eigenvalue weighted by molar-refractivity contribution is 8.03. The second kappa shape index (κ2) is 9.51. The van der Waals surface area contributed by atoms with Gasteiger partial charge in [0.2, 0.25) is 10.0 Å². The number of rotatable bonds is 8. The molecule has 1 aromatic carbocycles. The molecule has 0 atom stereocenters. The van der Waals surface area contributed by atoms with Gasteiger partial charge in [0.25, 0.3) is 0 Å². The Morgan fingerprint density at radius 1 is 1.07 bits per heavy atom. The Kier molecular flexibility index (Phi) is 7.32. The van der Waals surface area contributed by atoms with E-state index in [4.69, 9.17) is 0 Å². The molecule has 6 nitrogen and oxygen atoms in total. The molecular weight excluding hydrogens is 422 g/mol. The van der Waals surface area contributed by atoms with Crippen LogP contribution in [0.5, 0.6) is 0 Å². The van der Waals surface area contributed by atoms with Crippen LogP contribution in [0.15, 0.2) is 37.8 Å². The van der Waals surface area contributed by atoms with Crippen LogP contribution in [0, 0.1) is 0 Å². The van der Waals surface area contributed by atoms with Gasteiger partial charge in [-0.15, -0.1) is 10.2 Å². The molecule has 1 aliphatic rings. The molecule has 0 N–H and O–H groups in total. The Labute approximate surface area is 172 Å². The summed E-state index contributed by atoms with van der Waals surface area (Å²) in [6.07, 6.45) is 2.87. The van der Waals surface area contributed by atoms with Crippen molar-refractivity contribution in [1.82, 2.24) is 14.5 Å². The van der Waals surface area contributed by atoms with Crippen LogP contribution in [0.2, 0.25) is 0 Å². The van der Waals surface area contributed by atoms with Crippen LogP contribution in [0.1, 0.15) is 36.5 Å². The monoisotopic (exact) mass is 443 g/mol. The first-order valence-electron chi connectivity index (χ1n) is 8.73. The third kappa shape index (κ3) is 5.32. The lowest BCUT2D eigenvalue weighted by Gasteiger charge is -2.25. The molecule has 1 aromatic heterocycles. The van der Waals surface area contributed by atoms with Crippen LogP contribution in [-0.2, 0) is 10.0 Å². The average molecular weight is 444 g/mol. The zero-order valence-corrected chi connectivity index (χ0v) is 18.2. The zero-order chi connectivity index (χ0) is 19.3. The van der Waals surface area contributed by atoms with Crippen molar-refractivity contribution in [3.63, 3.8) is 0 Å². The highest BCUT2D eigenvalue weighted by Crippen LogP contribution is 2.29. The maximum absolute atomic E-state index is 12.7. The summed E-state index contributed by atoms with van der Waals surface area (Å²) >= 11 is 4.47. The largest absolute Gasteiger partial charge is 0.293 e. The van der Waals surface area contributed by atoms with Crippen molar-refractivity contribution in [1.29, 1.82) is 0 Å². The van der Waals surface area contributed by atoms with Crippen molar-refractivity contribution in [3.05, 3.63) is 29.8 Å². The first-order chi connectivity index (χ1) is 13.0. The van der Waals surface area contributed by atoms with Gasteiger partial charge in [0.05, 0.1) is 10.6 Å². The van der Waals surface area contributed by atoms with Crippen molar-refractivity contribution in [2.75, 3.05) is 24.6 Å². The molecular formula is C17H21N3O3S4. The number of carbonyl (C=O) groups excluding carboxylic acids is 1. The highest BCUT2D eigenvalue weighted by Gasteiger charge is 2.25. The molecule has 1 saturated heterocycles. The number of benzene rings is 1. The van der Waals surface area contributed by atoms with Gasteiger partial charge < -0.3 is 0 Å². The Hall–Kier alpha value is -0.940. The van der Waals surface area contributed by atoms with Crippen LogP contribution in [-0.4, -0.2) is 53.3 Å². The summed E-state index contributed by atoms with van der Waals surface area (Å²) in [6, 6.07) is 6.25. The molecule has 0 radical (unpaired) electrons. The van der Waals surface area contributed by atoms with Crippen LogP contribution in [0.25, 0.3) is 0 Å². The fourth-order valence-corrected chi connectivity index (χ4v) is 7.04. The number of aromatic nitrogens is 2. The molecule has 0 aliphatic carbocycles.